The SMILES string of the molecule is CCO/C=C/C(=O)Nc1ccc(Cl)cc1. The highest BCUT2D eigenvalue weighted by atomic mass is 35.5. The van der Waals surface area contributed by atoms with Gasteiger partial charge in [-0.05, 0) is 31.2 Å². The lowest BCUT2D eigenvalue weighted by atomic mass is 10.3. The highest BCUT2D eigenvalue weighted by molar-refractivity contribution is 6.30. The Labute approximate surface area is 93.7 Å². The van der Waals surface area contributed by atoms with Crippen LogP contribution in [0.2, 0.25) is 5.02 Å². The molecule has 1 rings (SSSR count). The van der Waals surface area contributed by atoms with Crippen molar-refractivity contribution in [2.75, 3.05) is 11.9 Å². The van der Waals surface area contributed by atoms with Crippen molar-refractivity contribution >= 4 is 23.2 Å². The number of hydrogen-bond acceptors (Lipinski definition) is 2. The molecule has 0 unspecified atom stereocenters. The Morgan fingerprint density at radius 3 is 2.73 bits per heavy atom. The fraction of sp³-hybridized carbons (Fsp3) is 0.182. The lowest BCUT2D eigenvalue weighted by Crippen LogP contribution is -2.07. The molecular formula is C11H12ClNO2. The van der Waals surface area contributed by atoms with E-state index in [2.05, 4.69) is 5.32 Å². The predicted molar refractivity (Wildman–Crippen MR) is 60.8 cm³/mol. The average molecular weight is 226 g/mol. The number of rotatable bonds is 4. The molecule has 0 aliphatic rings. The molecule has 0 radical (unpaired) electrons. The van der Waals surface area contributed by atoms with Crippen molar-refractivity contribution in [3.05, 3.63) is 41.6 Å². The van der Waals surface area contributed by atoms with E-state index in [-0.39, 0.29) is 5.91 Å². The summed E-state index contributed by atoms with van der Waals surface area (Å²) in [5.74, 6) is -0.231. The third-order valence-corrected chi connectivity index (χ3v) is 1.85. The number of anilines is 1. The van der Waals surface area contributed by atoms with Crippen LogP contribution in [-0.4, -0.2) is 12.5 Å². The Morgan fingerprint density at radius 1 is 1.47 bits per heavy atom. The zero-order valence-electron chi connectivity index (χ0n) is 8.37. The van der Waals surface area contributed by atoms with Crippen LogP contribution in [0.5, 0.6) is 0 Å². The summed E-state index contributed by atoms with van der Waals surface area (Å²) >= 11 is 5.70. The summed E-state index contributed by atoms with van der Waals surface area (Å²) < 4.78 is 4.90. The molecule has 80 valence electrons. The van der Waals surface area contributed by atoms with Crippen molar-refractivity contribution < 1.29 is 9.53 Å². The number of benzene rings is 1. The van der Waals surface area contributed by atoms with Gasteiger partial charge in [0.15, 0.2) is 0 Å². The molecule has 15 heavy (non-hydrogen) atoms. The summed E-state index contributed by atoms with van der Waals surface area (Å²) in [4.78, 5) is 11.3. The van der Waals surface area contributed by atoms with Gasteiger partial charge in [-0.15, -0.1) is 0 Å². The fourth-order valence-electron chi connectivity index (χ4n) is 0.923. The Bertz CT molecular complexity index is 346. The summed E-state index contributed by atoms with van der Waals surface area (Å²) in [7, 11) is 0. The van der Waals surface area contributed by atoms with Crippen molar-refractivity contribution in [3.63, 3.8) is 0 Å². The molecule has 0 aliphatic carbocycles. The fourth-order valence-corrected chi connectivity index (χ4v) is 1.05. The van der Waals surface area contributed by atoms with Gasteiger partial charge in [0, 0.05) is 16.8 Å². The summed E-state index contributed by atoms with van der Waals surface area (Å²) in [6.07, 6.45) is 2.70. The molecule has 1 amide bonds. The van der Waals surface area contributed by atoms with E-state index >= 15 is 0 Å². The summed E-state index contributed by atoms with van der Waals surface area (Å²) in [6.45, 7) is 2.40. The zero-order valence-corrected chi connectivity index (χ0v) is 9.12. The van der Waals surface area contributed by atoms with Crippen LogP contribution in [0.15, 0.2) is 36.6 Å². The van der Waals surface area contributed by atoms with E-state index in [1.54, 1.807) is 24.3 Å². The summed E-state index contributed by atoms with van der Waals surface area (Å²) in [5.41, 5.74) is 0.700. The van der Waals surface area contributed by atoms with Gasteiger partial charge < -0.3 is 10.1 Å². The van der Waals surface area contributed by atoms with Gasteiger partial charge in [0.25, 0.3) is 5.91 Å². The Balaban J connectivity index is 2.48. The van der Waals surface area contributed by atoms with Gasteiger partial charge in [-0.1, -0.05) is 11.6 Å². The van der Waals surface area contributed by atoms with Crippen molar-refractivity contribution in [3.8, 4) is 0 Å². The van der Waals surface area contributed by atoms with Gasteiger partial charge in [0.1, 0.15) is 0 Å². The van der Waals surface area contributed by atoms with E-state index in [9.17, 15) is 4.79 Å². The van der Waals surface area contributed by atoms with Gasteiger partial charge >= 0.3 is 0 Å². The van der Waals surface area contributed by atoms with Gasteiger partial charge in [0.05, 0.1) is 12.9 Å². The average Bonchev–Trinajstić information content (AvgIpc) is 2.22. The minimum atomic E-state index is -0.231. The topological polar surface area (TPSA) is 38.3 Å². The Morgan fingerprint density at radius 2 is 2.13 bits per heavy atom. The van der Waals surface area contributed by atoms with Crippen molar-refractivity contribution in [1.29, 1.82) is 0 Å². The summed E-state index contributed by atoms with van der Waals surface area (Å²) in [6, 6.07) is 6.89. The maximum absolute atomic E-state index is 11.3. The Hall–Kier alpha value is -1.48. The van der Waals surface area contributed by atoms with E-state index in [1.807, 2.05) is 6.92 Å². The smallest absolute Gasteiger partial charge is 0.251 e. The number of carbonyl (C=O) groups excluding carboxylic acids is 1. The van der Waals surface area contributed by atoms with Crippen molar-refractivity contribution in [2.24, 2.45) is 0 Å². The van der Waals surface area contributed by atoms with Gasteiger partial charge in [0.2, 0.25) is 0 Å². The number of nitrogens with one attached hydrogen (secondary N) is 1. The van der Waals surface area contributed by atoms with E-state index in [4.69, 9.17) is 16.3 Å². The van der Waals surface area contributed by atoms with Crippen LogP contribution in [0.4, 0.5) is 5.69 Å². The molecule has 0 aromatic heterocycles. The zero-order chi connectivity index (χ0) is 11.1. The first-order valence-electron chi connectivity index (χ1n) is 4.57. The molecule has 0 bridgehead atoms. The maximum atomic E-state index is 11.3. The lowest BCUT2D eigenvalue weighted by Gasteiger charge is -2.01. The molecule has 0 heterocycles. The highest BCUT2D eigenvalue weighted by Gasteiger charge is 1.96. The van der Waals surface area contributed by atoms with E-state index in [1.165, 1.54) is 12.3 Å². The maximum Gasteiger partial charge on any atom is 0.251 e. The largest absolute Gasteiger partial charge is 0.501 e. The second kappa shape index (κ2) is 6.09. The van der Waals surface area contributed by atoms with Gasteiger partial charge in [-0.25, -0.2) is 0 Å². The molecule has 0 saturated heterocycles. The van der Waals surface area contributed by atoms with Crippen LogP contribution in [0, 0.1) is 0 Å². The normalized spacial score (nSPS) is 10.3. The molecule has 0 fully saturated rings. The van der Waals surface area contributed by atoms with Crippen LogP contribution in [0.3, 0.4) is 0 Å². The number of hydrogen-bond donors (Lipinski definition) is 1. The second-order valence-corrected chi connectivity index (χ2v) is 3.19. The van der Waals surface area contributed by atoms with Gasteiger partial charge in [-0.2, -0.15) is 0 Å². The number of amides is 1. The van der Waals surface area contributed by atoms with Crippen LogP contribution < -0.4 is 5.32 Å². The van der Waals surface area contributed by atoms with Gasteiger partial charge in [-0.3, -0.25) is 4.79 Å². The second-order valence-electron chi connectivity index (χ2n) is 2.75. The standard InChI is InChI=1S/C11H12ClNO2/c1-2-15-8-7-11(14)13-10-5-3-9(12)4-6-10/h3-8H,2H2,1H3,(H,13,14)/b8-7+. The van der Waals surface area contributed by atoms with Crippen LogP contribution in [-0.2, 0) is 9.53 Å². The Kier molecular flexibility index (Phi) is 4.71. The van der Waals surface area contributed by atoms with Crippen molar-refractivity contribution in [1.82, 2.24) is 0 Å². The third kappa shape index (κ3) is 4.51. The molecule has 1 N–H and O–H groups in total. The molecule has 4 heteroatoms. The molecule has 3 nitrogen and oxygen atoms in total. The molecule has 1 aromatic rings. The molecule has 0 atom stereocenters. The van der Waals surface area contributed by atoms with Crippen LogP contribution in [0.1, 0.15) is 6.92 Å². The highest BCUT2D eigenvalue weighted by Crippen LogP contribution is 2.13. The first kappa shape index (κ1) is 11.6. The molecule has 0 saturated carbocycles. The predicted octanol–water partition coefficient (Wildman–Crippen LogP) is 2.83. The van der Waals surface area contributed by atoms with E-state index < -0.39 is 0 Å². The summed E-state index contributed by atoms with van der Waals surface area (Å²) in [5, 5.41) is 3.30. The number of halogens is 1. The molecule has 1 aromatic carbocycles. The molecule has 0 aliphatic heterocycles. The monoisotopic (exact) mass is 225 g/mol. The van der Waals surface area contributed by atoms with Crippen LogP contribution in [0.25, 0.3) is 0 Å². The third-order valence-electron chi connectivity index (χ3n) is 1.59. The number of ether oxygens (including phenoxy) is 1. The van der Waals surface area contributed by atoms with Crippen LogP contribution >= 0.6 is 11.6 Å². The van der Waals surface area contributed by atoms with E-state index in [0.717, 1.165) is 0 Å². The minimum Gasteiger partial charge on any atom is -0.501 e. The first-order valence-corrected chi connectivity index (χ1v) is 4.95. The minimum absolute atomic E-state index is 0.231. The molecule has 0 spiro atoms. The first-order chi connectivity index (χ1) is 7.22. The lowest BCUT2D eigenvalue weighted by molar-refractivity contribution is -0.112. The molecular weight excluding hydrogens is 214 g/mol. The van der Waals surface area contributed by atoms with Crippen molar-refractivity contribution in [2.45, 2.75) is 6.92 Å². The van der Waals surface area contributed by atoms with E-state index in [0.29, 0.717) is 17.3 Å². The quantitative estimate of drug-likeness (QED) is 0.632. The number of carbonyl (C=O) groups is 1.